The van der Waals surface area contributed by atoms with Crippen LogP contribution in [0.15, 0.2) is 144 Å². The van der Waals surface area contributed by atoms with Crippen molar-refractivity contribution < 1.29 is 24.5 Å². The Labute approximate surface area is 346 Å². The molecule has 0 spiro atoms. The molecule has 3 nitrogen and oxygen atoms in total. The quantitative estimate of drug-likeness (QED) is 0.118. The van der Waals surface area contributed by atoms with E-state index in [2.05, 4.69) is 130 Å². The first-order chi connectivity index (χ1) is 26.8. The summed E-state index contributed by atoms with van der Waals surface area (Å²) in [6.45, 7) is 9.42. The smallest absolute Gasteiger partial charge is 0.123 e. The minimum absolute atomic E-state index is 0. The largest absolute Gasteiger partial charge is 0.476 e. The standard InChI is InChI=1S/C30H20NO.C21H28NSi.Ir/c1-20-16-28(31-19-27(20)22-10-6-3-7-11-22)24-12-14-25-26-17-23(21-8-4-2-5-9-21)13-15-29(26)32-30(25)18-24;1-23(2,3)21-16-22-20(18-12-8-5-9-13-18)15-19(21)14-17-10-6-4-7-11-17;/h2-11,13-19H,1H3;5,8-9,12,15-17H,4,6-7,10-11,14H2,1-3H3;/q2*-1;. The molecule has 0 N–H and O–H groups in total. The predicted molar refractivity (Wildman–Crippen MR) is 233 cm³/mol. The number of aromatic nitrogens is 2. The summed E-state index contributed by atoms with van der Waals surface area (Å²) in [4.78, 5) is 9.50. The van der Waals surface area contributed by atoms with E-state index in [0.29, 0.717) is 0 Å². The first kappa shape index (κ1) is 39.3. The Morgan fingerprint density at radius 3 is 2.04 bits per heavy atom. The molecule has 0 atom stereocenters. The second-order valence-corrected chi connectivity index (χ2v) is 21.1. The van der Waals surface area contributed by atoms with Crippen molar-refractivity contribution in [2.24, 2.45) is 5.92 Å². The van der Waals surface area contributed by atoms with Crippen LogP contribution in [0, 0.1) is 25.0 Å². The van der Waals surface area contributed by atoms with Crippen molar-refractivity contribution in [3.05, 3.63) is 163 Å². The molecule has 0 bridgehead atoms. The first-order valence-corrected chi connectivity index (χ1v) is 23.2. The van der Waals surface area contributed by atoms with Crippen LogP contribution in [-0.2, 0) is 26.5 Å². The molecule has 0 saturated heterocycles. The van der Waals surface area contributed by atoms with E-state index in [1.54, 1.807) is 10.8 Å². The van der Waals surface area contributed by atoms with E-state index in [9.17, 15) is 0 Å². The minimum Gasteiger partial charge on any atom is -0.476 e. The molecule has 283 valence electrons. The van der Waals surface area contributed by atoms with Crippen molar-refractivity contribution in [1.29, 1.82) is 0 Å². The van der Waals surface area contributed by atoms with Crippen LogP contribution in [-0.4, -0.2) is 18.0 Å². The molecule has 1 aliphatic carbocycles. The second-order valence-electron chi connectivity index (χ2n) is 16.0. The molecule has 56 heavy (non-hydrogen) atoms. The molecule has 1 saturated carbocycles. The molecule has 0 unspecified atom stereocenters. The fourth-order valence-corrected chi connectivity index (χ4v) is 9.63. The van der Waals surface area contributed by atoms with Gasteiger partial charge in [-0.2, -0.15) is 0 Å². The number of hydrogen-bond donors (Lipinski definition) is 0. The van der Waals surface area contributed by atoms with Crippen molar-refractivity contribution in [1.82, 2.24) is 9.97 Å². The Morgan fingerprint density at radius 2 is 1.34 bits per heavy atom. The van der Waals surface area contributed by atoms with Gasteiger partial charge in [-0.25, -0.2) is 0 Å². The topological polar surface area (TPSA) is 38.9 Å². The van der Waals surface area contributed by atoms with Gasteiger partial charge in [-0.05, 0) is 69.5 Å². The third kappa shape index (κ3) is 8.87. The van der Waals surface area contributed by atoms with Gasteiger partial charge in [0.15, 0.2) is 0 Å². The van der Waals surface area contributed by atoms with E-state index in [-0.39, 0.29) is 20.1 Å². The van der Waals surface area contributed by atoms with Crippen molar-refractivity contribution in [2.75, 3.05) is 0 Å². The van der Waals surface area contributed by atoms with E-state index in [0.717, 1.165) is 55.9 Å². The molecular formula is C51H48IrN2OSi-2. The number of nitrogens with zero attached hydrogens (tertiary/aromatic N) is 2. The number of furan rings is 1. The van der Waals surface area contributed by atoms with Crippen LogP contribution in [0.4, 0.5) is 0 Å². The first-order valence-electron chi connectivity index (χ1n) is 19.7. The zero-order valence-corrected chi connectivity index (χ0v) is 36.1. The van der Waals surface area contributed by atoms with Gasteiger partial charge in [0.2, 0.25) is 0 Å². The average molecular weight is 925 g/mol. The summed E-state index contributed by atoms with van der Waals surface area (Å²) in [5, 5.41) is 3.72. The Balaban J connectivity index is 0.000000178. The monoisotopic (exact) mass is 925 g/mol. The van der Waals surface area contributed by atoms with Gasteiger partial charge in [0, 0.05) is 38.1 Å². The summed E-state index contributed by atoms with van der Waals surface area (Å²) in [6.07, 6.45) is 12.4. The average Bonchev–Trinajstić information content (AvgIpc) is 3.59. The Hall–Kier alpha value is -4.93. The molecule has 8 aromatic rings. The van der Waals surface area contributed by atoms with Gasteiger partial charge in [-0.15, -0.1) is 53.6 Å². The molecule has 9 rings (SSSR count). The van der Waals surface area contributed by atoms with Crippen LogP contribution in [0.25, 0.3) is 66.7 Å². The number of benzene rings is 5. The summed E-state index contributed by atoms with van der Waals surface area (Å²) in [7, 11) is -1.36. The summed E-state index contributed by atoms with van der Waals surface area (Å²) in [5.74, 6) is 0.869. The minimum atomic E-state index is -1.36. The van der Waals surface area contributed by atoms with E-state index < -0.39 is 8.07 Å². The Bertz CT molecular complexity index is 2540. The molecule has 1 radical (unpaired) electrons. The number of aryl methyl sites for hydroxylation is 1. The molecular weight excluding hydrogens is 877 g/mol. The van der Waals surface area contributed by atoms with E-state index in [1.807, 2.05) is 48.7 Å². The van der Waals surface area contributed by atoms with Crippen LogP contribution < -0.4 is 5.19 Å². The van der Waals surface area contributed by atoms with Crippen molar-refractivity contribution in [2.45, 2.75) is 65.1 Å². The summed E-state index contributed by atoms with van der Waals surface area (Å²) < 4.78 is 6.18. The number of rotatable bonds is 7. The summed E-state index contributed by atoms with van der Waals surface area (Å²) >= 11 is 0. The van der Waals surface area contributed by atoms with Gasteiger partial charge >= 0.3 is 0 Å². The van der Waals surface area contributed by atoms with Crippen molar-refractivity contribution >= 4 is 35.2 Å². The SMILES string of the molecule is C[Si](C)(C)c1cnc(-c2[c-]cccc2)cc1CC1CCCCC1.Cc1cc(-c2[c-]cc3c(c2)oc2ccc(-c4ccccc4)cc23)ncc1-c1ccccc1.[Ir]. The van der Waals surface area contributed by atoms with Crippen molar-refractivity contribution in [3.63, 3.8) is 0 Å². The molecule has 1 aliphatic rings. The number of fused-ring (bicyclic) bond motifs is 3. The normalized spacial score (nSPS) is 13.2. The summed E-state index contributed by atoms with van der Waals surface area (Å²) in [5.41, 5.74) is 13.2. The second kappa shape index (κ2) is 17.5. The summed E-state index contributed by atoms with van der Waals surface area (Å²) in [6, 6.07) is 50.6. The van der Waals surface area contributed by atoms with E-state index >= 15 is 0 Å². The maximum Gasteiger partial charge on any atom is 0.123 e. The van der Waals surface area contributed by atoms with Crippen molar-refractivity contribution in [3.8, 4) is 44.8 Å². The van der Waals surface area contributed by atoms with Crippen LogP contribution in [0.5, 0.6) is 0 Å². The Morgan fingerprint density at radius 1 is 0.643 bits per heavy atom. The van der Waals surface area contributed by atoms with Gasteiger partial charge in [0.05, 0.1) is 13.7 Å². The third-order valence-corrected chi connectivity index (χ3v) is 13.1. The fourth-order valence-electron chi connectivity index (χ4n) is 8.04. The van der Waals surface area contributed by atoms with Gasteiger partial charge in [-0.3, -0.25) is 0 Å². The third-order valence-electron chi connectivity index (χ3n) is 11.0. The molecule has 5 heteroatoms. The fraction of sp³-hybridized carbons (Fsp3) is 0.216. The van der Waals surface area contributed by atoms with Gasteiger partial charge in [0.1, 0.15) is 5.58 Å². The number of hydrogen-bond acceptors (Lipinski definition) is 3. The van der Waals surface area contributed by atoms with Crippen LogP contribution >= 0.6 is 0 Å². The van der Waals surface area contributed by atoms with Crippen LogP contribution in [0.1, 0.15) is 43.2 Å². The molecule has 0 amide bonds. The maximum absolute atomic E-state index is 6.18. The molecule has 3 aromatic heterocycles. The molecule has 0 aliphatic heterocycles. The zero-order valence-electron chi connectivity index (χ0n) is 32.7. The Kier molecular flexibility index (Phi) is 12.3. The number of pyridine rings is 2. The van der Waals surface area contributed by atoms with Gasteiger partial charge in [-0.1, -0.05) is 154 Å². The van der Waals surface area contributed by atoms with Crippen LogP contribution in [0.3, 0.4) is 0 Å². The maximum atomic E-state index is 6.18. The van der Waals surface area contributed by atoms with E-state index in [1.165, 1.54) is 60.8 Å². The van der Waals surface area contributed by atoms with Gasteiger partial charge < -0.3 is 14.4 Å². The van der Waals surface area contributed by atoms with E-state index in [4.69, 9.17) is 14.4 Å². The molecule has 1 fully saturated rings. The molecule has 3 heterocycles. The molecule has 5 aromatic carbocycles. The zero-order chi connectivity index (χ0) is 37.8. The van der Waals surface area contributed by atoms with Gasteiger partial charge in [0.25, 0.3) is 0 Å². The predicted octanol–water partition coefficient (Wildman–Crippen LogP) is 13.3. The van der Waals surface area contributed by atoms with Crippen LogP contribution in [0.2, 0.25) is 19.6 Å².